The first-order chi connectivity index (χ1) is 12.8. The van der Waals surface area contributed by atoms with Crippen molar-refractivity contribution in [3.63, 3.8) is 0 Å². The third kappa shape index (κ3) is 5.73. The highest BCUT2D eigenvalue weighted by Crippen LogP contribution is 2.28. The van der Waals surface area contributed by atoms with Crippen LogP contribution in [-0.4, -0.2) is 17.9 Å². The molecular formula is C21H26ClN3O2. The molecule has 2 unspecified atom stereocenters. The fraction of sp³-hybridized carbons (Fsp3) is 0.333. The number of carbonyl (C=O) groups excluding carboxylic acids is 2. The second kappa shape index (κ2) is 9.42. The van der Waals surface area contributed by atoms with E-state index < -0.39 is 6.04 Å². The highest BCUT2D eigenvalue weighted by molar-refractivity contribution is 6.34. The van der Waals surface area contributed by atoms with Crippen LogP contribution in [0.2, 0.25) is 5.02 Å². The van der Waals surface area contributed by atoms with Crippen LogP contribution in [0.5, 0.6) is 0 Å². The van der Waals surface area contributed by atoms with E-state index in [0.29, 0.717) is 22.3 Å². The Hall–Kier alpha value is -2.53. The van der Waals surface area contributed by atoms with Gasteiger partial charge in [0, 0.05) is 18.3 Å². The van der Waals surface area contributed by atoms with E-state index in [1.807, 2.05) is 24.3 Å². The van der Waals surface area contributed by atoms with E-state index in [9.17, 15) is 9.59 Å². The summed E-state index contributed by atoms with van der Waals surface area (Å²) in [6.45, 7) is 7.48. The number of halogens is 1. The van der Waals surface area contributed by atoms with E-state index in [-0.39, 0.29) is 11.8 Å². The van der Waals surface area contributed by atoms with Gasteiger partial charge in [-0.2, -0.15) is 0 Å². The molecule has 144 valence electrons. The molecule has 2 rings (SSSR count). The molecule has 2 amide bonds. The van der Waals surface area contributed by atoms with E-state index in [2.05, 4.69) is 29.8 Å². The summed E-state index contributed by atoms with van der Waals surface area (Å²) in [6.07, 6.45) is 1.000. The summed E-state index contributed by atoms with van der Waals surface area (Å²) in [5.74, 6) is 0.0445. The molecule has 2 aromatic rings. The van der Waals surface area contributed by atoms with Crippen molar-refractivity contribution in [3.8, 4) is 0 Å². The van der Waals surface area contributed by atoms with Crippen molar-refractivity contribution in [1.82, 2.24) is 0 Å². The third-order valence-corrected chi connectivity index (χ3v) is 4.73. The van der Waals surface area contributed by atoms with Gasteiger partial charge in [0.25, 0.3) is 0 Å². The number of para-hydroxylation sites is 1. The van der Waals surface area contributed by atoms with Gasteiger partial charge in [0.05, 0.1) is 10.7 Å². The van der Waals surface area contributed by atoms with Gasteiger partial charge < -0.3 is 16.0 Å². The molecule has 0 spiro atoms. The van der Waals surface area contributed by atoms with Crippen LogP contribution in [0.15, 0.2) is 42.5 Å². The Balaban J connectivity index is 2.06. The maximum atomic E-state index is 12.6. The minimum Gasteiger partial charge on any atom is -0.374 e. The van der Waals surface area contributed by atoms with Crippen molar-refractivity contribution < 1.29 is 9.59 Å². The normalized spacial score (nSPS) is 12.8. The van der Waals surface area contributed by atoms with Crippen LogP contribution >= 0.6 is 11.6 Å². The second-order valence-electron chi connectivity index (χ2n) is 6.63. The van der Waals surface area contributed by atoms with E-state index in [1.165, 1.54) is 6.92 Å². The van der Waals surface area contributed by atoms with Gasteiger partial charge in [-0.3, -0.25) is 9.59 Å². The number of anilines is 3. The van der Waals surface area contributed by atoms with Gasteiger partial charge in [-0.1, -0.05) is 43.6 Å². The lowest BCUT2D eigenvalue weighted by atomic mass is 9.97. The van der Waals surface area contributed by atoms with Gasteiger partial charge in [-0.05, 0) is 49.1 Å². The van der Waals surface area contributed by atoms with Crippen molar-refractivity contribution in [1.29, 1.82) is 0 Å². The van der Waals surface area contributed by atoms with E-state index in [0.717, 1.165) is 17.7 Å². The summed E-state index contributed by atoms with van der Waals surface area (Å²) in [5.41, 5.74) is 3.20. The Kier molecular flexibility index (Phi) is 7.25. The van der Waals surface area contributed by atoms with Crippen molar-refractivity contribution in [2.75, 3.05) is 16.0 Å². The lowest BCUT2D eigenvalue weighted by Crippen LogP contribution is -2.32. The fourth-order valence-corrected chi connectivity index (χ4v) is 2.94. The molecule has 0 aliphatic carbocycles. The molecular weight excluding hydrogens is 362 g/mol. The topological polar surface area (TPSA) is 70.2 Å². The Morgan fingerprint density at radius 2 is 1.74 bits per heavy atom. The Morgan fingerprint density at radius 1 is 1.04 bits per heavy atom. The van der Waals surface area contributed by atoms with Crippen LogP contribution in [0.1, 0.15) is 45.6 Å². The number of amides is 2. The SMILES string of the molecule is CCC(C)c1ccccc1NC(=O)C(C)Nc1ccc(NC(C)=O)c(Cl)c1. The minimum absolute atomic E-state index is 0.132. The molecule has 6 heteroatoms. The predicted molar refractivity (Wildman–Crippen MR) is 113 cm³/mol. The Morgan fingerprint density at radius 3 is 2.37 bits per heavy atom. The summed E-state index contributed by atoms with van der Waals surface area (Å²) in [4.78, 5) is 23.8. The molecule has 0 saturated carbocycles. The first kappa shape index (κ1) is 20.8. The molecule has 3 N–H and O–H groups in total. The lowest BCUT2D eigenvalue weighted by Gasteiger charge is -2.19. The molecule has 0 fully saturated rings. The van der Waals surface area contributed by atoms with E-state index in [4.69, 9.17) is 11.6 Å². The van der Waals surface area contributed by atoms with Crippen LogP contribution < -0.4 is 16.0 Å². The van der Waals surface area contributed by atoms with E-state index in [1.54, 1.807) is 25.1 Å². The quantitative estimate of drug-likeness (QED) is 0.607. The Labute approximate surface area is 165 Å². The van der Waals surface area contributed by atoms with E-state index >= 15 is 0 Å². The first-order valence-corrected chi connectivity index (χ1v) is 9.43. The summed E-state index contributed by atoms with van der Waals surface area (Å²) in [6, 6.07) is 12.6. The predicted octanol–water partition coefficient (Wildman–Crippen LogP) is 5.25. The zero-order chi connectivity index (χ0) is 20.0. The second-order valence-corrected chi connectivity index (χ2v) is 7.03. The molecule has 0 aliphatic heterocycles. The Bertz CT molecular complexity index is 823. The average Bonchev–Trinajstić information content (AvgIpc) is 2.63. The number of nitrogens with one attached hydrogen (secondary N) is 3. The van der Waals surface area contributed by atoms with Crippen molar-refractivity contribution in [2.45, 2.75) is 46.1 Å². The third-order valence-electron chi connectivity index (χ3n) is 4.42. The molecule has 2 atom stereocenters. The number of hydrogen-bond donors (Lipinski definition) is 3. The maximum absolute atomic E-state index is 12.6. The van der Waals surface area contributed by atoms with Crippen LogP contribution in [0, 0.1) is 0 Å². The fourth-order valence-electron chi connectivity index (χ4n) is 2.71. The number of hydrogen-bond acceptors (Lipinski definition) is 3. The van der Waals surface area contributed by atoms with Gasteiger partial charge in [-0.15, -0.1) is 0 Å². The number of carbonyl (C=O) groups is 2. The van der Waals surface area contributed by atoms with Gasteiger partial charge in [0.1, 0.15) is 6.04 Å². The molecule has 27 heavy (non-hydrogen) atoms. The zero-order valence-corrected chi connectivity index (χ0v) is 16.9. The van der Waals surface area contributed by atoms with Crippen LogP contribution in [-0.2, 0) is 9.59 Å². The average molecular weight is 388 g/mol. The largest absolute Gasteiger partial charge is 0.374 e. The molecule has 0 heterocycles. The smallest absolute Gasteiger partial charge is 0.246 e. The minimum atomic E-state index is -0.460. The van der Waals surface area contributed by atoms with Crippen molar-refractivity contribution in [2.24, 2.45) is 0 Å². The molecule has 5 nitrogen and oxygen atoms in total. The monoisotopic (exact) mass is 387 g/mol. The molecule has 0 bridgehead atoms. The summed E-state index contributed by atoms with van der Waals surface area (Å²) in [7, 11) is 0. The number of benzene rings is 2. The van der Waals surface area contributed by atoms with Gasteiger partial charge in [0.2, 0.25) is 11.8 Å². The van der Waals surface area contributed by atoms with Gasteiger partial charge in [0.15, 0.2) is 0 Å². The van der Waals surface area contributed by atoms with Crippen LogP contribution in [0.4, 0.5) is 17.1 Å². The van der Waals surface area contributed by atoms with Crippen molar-refractivity contribution in [3.05, 3.63) is 53.1 Å². The summed E-state index contributed by atoms with van der Waals surface area (Å²) in [5, 5.41) is 9.20. The summed E-state index contributed by atoms with van der Waals surface area (Å²) >= 11 is 6.18. The molecule has 2 aromatic carbocycles. The van der Waals surface area contributed by atoms with Crippen LogP contribution in [0.25, 0.3) is 0 Å². The molecule has 0 aliphatic rings. The molecule has 0 radical (unpaired) electrons. The first-order valence-electron chi connectivity index (χ1n) is 9.05. The standard InChI is InChI=1S/C21H26ClN3O2/c1-5-13(2)17-8-6-7-9-19(17)25-21(27)14(3)23-16-10-11-20(18(22)12-16)24-15(4)26/h6-14,23H,5H2,1-4H3,(H,24,26)(H,25,27). The van der Waals surface area contributed by atoms with Crippen molar-refractivity contribution >= 4 is 40.5 Å². The van der Waals surface area contributed by atoms with Gasteiger partial charge in [-0.25, -0.2) is 0 Å². The molecule has 0 saturated heterocycles. The highest BCUT2D eigenvalue weighted by atomic mass is 35.5. The molecule has 0 aromatic heterocycles. The lowest BCUT2D eigenvalue weighted by molar-refractivity contribution is -0.116. The number of rotatable bonds is 7. The highest BCUT2D eigenvalue weighted by Gasteiger charge is 2.16. The van der Waals surface area contributed by atoms with Crippen LogP contribution in [0.3, 0.4) is 0 Å². The summed E-state index contributed by atoms with van der Waals surface area (Å²) < 4.78 is 0. The van der Waals surface area contributed by atoms with Gasteiger partial charge >= 0.3 is 0 Å². The zero-order valence-electron chi connectivity index (χ0n) is 16.1. The maximum Gasteiger partial charge on any atom is 0.246 e.